The van der Waals surface area contributed by atoms with Crippen molar-refractivity contribution in [2.75, 3.05) is 13.1 Å². The fraction of sp³-hybridized carbons (Fsp3) is 0.300. The number of para-hydroxylation sites is 1. The molecule has 0 amide bonds. The van der Waals surface area contributed by atoms with Crippen LogP contribution in [0.15, 0.2) is 84.9 Å². The van der Waals surface area contributed by atoms with Crippen molar-refractivity contribution in [3.05, 3.63) is 102 Å². The van der Waals surface area contributed by atoms with Gasteiger partial charge in [0.25, 0.3) is 0 Å². The highest BCUT2D eigenvalue weighted by molar-refractivity contribution is 5.65. The third-order valence-electron chi connectivity index (χ3n) is 5.97. The third kappa shape index (κ3) is 6.59. The smallest absolute Gasteiger partial charge is 0.222 e. The quantitative estimate of drug-likeness (QED) is 0.279. The first-order valence-corrected chi connectivity index (χ1v) is 12.4. The van der Waals surface area contributed by atoms with Gasteiger partial charge in [-0.1, -0.05) is 86.6 Å². The lowest BCUT2D eigenvalue weighted by Gasteiger charge is -2.27. The van der Waals surface area contributed by atoms with Gasteiger partial charge in [-0.25, -0.2) is 9.07 Å². The second kappa shape index (κ2) is 12.0. The number of aryl methyl sites for hydroxylation is 1. The average molecular weight is 488 g/mol. The lowest BCUT2D eigenvalue weighted by atomic mass is 10.0. The molecule has 0 aliphatic carbocycles. The van der Waals surface area contributed by atoms with Crippen LogP contribution in [0.25, 0.3) is 11.3 Å². The van der Waals surface area contributed by atoms with Crippen molar-refractivity contribution in [2.45, 2.75) is 32.9 Å². The van der Waals surface area contributed by atoms with Crippen LogP contribution in [0.5, 0.6) is 11.6 Å². The third-order valence-corrected chi connectivity index (χ3v) is 5.97. The van der Waals surface area contributed by atoms with E-state index in [9.17, 15) is 9.50 Å². The summed E-state index contributed by atoms with van der Waals surface area (Å²) >= 11 is 0. The van der Waals surface area contributed by atoms with Crippen LogP contribution < -0.4 is 4.74 Å². The molecule has 36 heavy (non-hydrogen) atoms. The van der Waals surface area contributed by atoms with Crippen LogP contribution in [0, 0.1) is 11.7 Å². The minimum Gasteiger partial charge on any atom is -0.436 e. The Hall–Kier alpha value is -3.48. The van der Waals surface area contributed by atoms with E-state index >= 15 is 0 Å². The van der Waals surface area contributed by atoms with Crippen LogP contribution in [0.3, 0.4) is 0 Å². The van der Waals surface area contributed by atoms with Gasteiger partial charge in [0.2, 0.25) is 5.88 Å². The molecule has 0 aliphatic heterocycles. The Balaban J connectivity index is 1.67. The van der Waals surface area contributed by atoms with E-state index in [1.54, 1.807) is 22.9 Å². The molecule has 0 bridgehead atoms. The molecule has 4 aromatic rings. The molecular formula is C30H34FN3O2. The van der Waals surface area contributed by atoms with Crippen LogP contribution in [0.2, 0.25) is 0 Å². The Bertz CT molecular complexity index is 1240. The van der Waals surface area contributed by atoms with Gasteiger partial charge in [0.1, 0.15) is 5.69 Å². The van der Waals surface area contributed by atoms with Crippen molar-refractivity contribution >= 4 is 0 Å². The molecule has 0 spiro atoms. The summed E-state index contributed by atoms with van der Waals surface area (Å²) in [7, 11) is 1.81. The molecule has 0 unspecified atom stereocenters. The maximum atomic E-state index is 14.5. The lowest BCUT2D eigenvalue weighted by Crippen LogP contribution is -2.35. The molecule has 0 fully saturated rings. The molecule has 0 aliphatic rings. The summed E-state index contributed by atoms with van der Waals surface area (Å²) in [5.41, 5.74) is 3.71. The summed E-state index contributed by atoms with van der Waals surface area (Å²) < 4.78 is 22.3. The van der Waals surface area contributed by atoms with Crippen LogP contribution in [-0.4, -0.2) is 39.0 Å². The van der Waals surface area contributed by atoms with Gasteiger partial charge in [-0.2, -0.15) is 5.10 Å². The largest absolute Gasteiger partial charge is 0.436 e. The zero-order valence-electron chi connectivity index (χ0n) is 21.1. The standard InChI is InChI=1S/C30H34FN3O2/c1-22(2)19-34(20-25(35)18-23-12-6-4-7-13-23)21-26-29(24-14-8-5-9-15-24)32-33(3)30(26)36-28-17-11-10-16-27(28)31/h4-17,22,25,35H,18-21H2,1-3H3/t25-/m1/s1. The molecule has 0 radical (unpaired) electrons. The van der Waals surface area contributed by atoms with Crippen LogP contribution in [0.4, 0.5) is 4.39 Å². The molecule has 0 saturated heterocycles. The van der Waals surface area contributed by atoms with E-state index in [0.717, 1.165) is 28.9 Å². The summed E-state index contributed by atoms with van der Waals surface area (Å²) in [4.78, 5) is 2.23. The van der Waals surface area contributed by atoms with Crippen molar-refractivity contribution in [1.29, 1.82) is 0 Å². The first-order chi connectivity index (χ1) is 17.4. The molecule has 1 N–H and O–H groups in total. The van der Waals surface area contributed by atoms with Crippen molar-refractivity contribution < 1.29 is 14.2 Å². The molecule has 3 aromatic carbocycles. The zero-order valence-corrected chi connectivity index (χ0v) is 21.1. The predicted octanol–water partition coefficient (Wildman–Crippen LogP) is 6.08. The SMILES string of the molecule is CC(C)CN(Cc1c(-c2ccccc2)nn(C)c1Oc1ccccc1F)C[C@H](O)Cc1ccccc1. The highest BCUT2D eigenvalue weighted by atomic mass is 19.1. The van der Waals surface area contributed by atoms with Gasteiger partial charge in [0.15, 0.2) is 11.6 Å². The highest BCUT2D eigenvalue weighted by Crippen LogP contribution is 2.35. The summed E-state index contributed by atoms with van der Waals surface area (Å²) in [6, 6.07) is 26.3. The van der Waals surface area contributed by atoms with Crippen LogP contribution in [0.1, 0.15) is 25.0 Å². The van der Waals surface area contributed by atoms with E-state index in [1.165, 1.54) is 6.07 Å². The van der Waals surface area contributed by atoms with Crippen molar-refractivity contribution in [2.24, 2.45) is 13.0 Å². The fourth-order valence-electron chi connectivity index (χ4n) is 4.47. The number of hydrogen-bond donors (Lipinski definition) is 1. The van der Waals surface area contributed by atoms with E-state index in [4.69, 9.17) is 9.84 Å². The Morgan fingerprint density at radius 1 is 0.917 bits per heavy atom. The van der Waals surface area contributed by atoms with Gasteiger partial charge in [0, 0.05) is 32.2 Å². The number of halogens is 1. The normalized spacial score (nSPS) is 12.3. The van der Waals surface area contributed by atoms with E-state index in [-0.39, 0.29) is 5.75 Å². The minimum absolute atomic E-state index is 0.154. The van der Waals surface area contributed by atoms with Crippen molar-refractivity contribution in [3.63, 3.8) is 0 Å². The molecular weight excluding hydrogens is 453 g/mol. The van der Waals surface area contributed by atoms with E-state index < -0.39 is 11.9 Å². The van der Waals surface area contributed by atoms with Gasteiger partial charge >= 0.3 is 0 Å². The Morgan fingerprint density at radius 3 is 2.22 bits per heavy atom. The second-order valence-corrected chi connectivity index (χ2v) is 9.59. The van der Waals surface area contributed by atoms with E-state index in [1.807, 2.05) is 67.7 Å². The Morgan fingerprint density at radius 2 is 1.56 bits per heavy atom. The zero-order chi connectivity index (χ0) is 25.5. The Labute approximate surface area is 212 Å². The molecule has 1 aromatic heterocycles. The number of rotatable bonds is 11. The monoisotopic (exact) mass is 487 g/mol. The summed E-state index contributed by atoms with van der Waals surface area (Å²) in [6.45, 7) is 6.11. The highest BCUT2D eigenvalue weighted by Gasteiger charge is 2.24. The summed E-state index contributed by atoms with van der Waals surface area (Å²) in [6.07, 6.45) is 0.0472. The van der Waals surface area contributed by atoms with Crippen molar-refractivity contribution in [1.82, 2.24) is 14.7 Å². The van der Waals surface area contributed by atoms with E-state index in [2.05, 4.69) is 18.7 Å². The van der Waals surface area contributed by atoms with Gasteiger partial charge in [-0.3, -0.25) is 4.90 Å². The number of ether oxygens (including phenoxy) is 1. The van der Waals surface area contributed by atoms with Gasteiger partial charge in [-0.05, 0) is 30.0 Å². The summed E-state index contributed by atoms with van der Waals surface area (Å²) in [5.74, 6) is 0.607. The molecule has 5 nitrogen and oxygen atoms in total. The molecule has 1 atom stereocenters. The van der Waals surface area contributed by atoms with Gasteiger partial charge < -0.3 is 9.84 Å². The molecule has 0 saturated carbocycles. The number of hydrogen-bond acceptors (Lipinski definition) is 4. The molecule has 1 heterocycles. The first-order valence-electron chi connectivity index (χ1n) is 12.4. The topological polar surface area (TPSA) is 50.5 Å². The predicted molar refractivity (Wildman–Crippen MR) is 141 cm³/mol. The second-order valence-electron chi connectivity index (χ2n) is 9.59. The number of aliphatic hydroxyl groups excluding tert-OH is 1. The van der Waals surface area contributed by atoms with Gasteiger partial charge in [-0.15, -0.1) is 0 Å². The average Bonchev–Trinajstić information content (AvgIpc) is 3.16. The minimum atomic E-state index is -0.529. The van der Waals surface area contributed by atoms with Crippen LogP contribution in [-0.2, 0) is 20.0 Å². The van der Waals surface area contributed by atoms with Crippen LogP contribution >= 0.6 is 0 Å². The number of aromatic nitrogens is 2. The molecule has 188 valence electrons. The first kappa shape index (κ1) is 25.6. The molecule has 4 rings (SSSR count). The van der Waals surface area contributed by atoms with Crippen molar-refractivity contribution in [3.8, 4) is 22.9 Å². The van der Waals surface area contributed by atoms with Gasteiger partial charge in [0.05, 0.1) is 11.7 Å². The maximum Gasteiger partial charge on any atom is 0.222 e. The number of benzene rings is 3. The lowest BCUT2D eigenvalue weighted by molar-refractivity contribution is 0.101. The number of nitrogens with zero attached hydrogens (tertiary/aromatic N) is 3. The fourth-order valence-corrected chi connectivity index (χ4v) is 4.47. The molecule has 6 heteroatoms. The summed E-state index contributed by atoms with van der Waals surface area (Å²) in [5, 5.41) is 15.7. The Kier molecular flexibility index (Phi) is 8.52. The maximum absolute atomic E-state index is 14.5. The number of aliphatic hydroxyl groups is 1. The van der Waals surface area contributed by atoms with E-state index in [0.29, 0.717) is 31.3 Å².